The first-order chi connectivity index (χ1) is 22.1. The number of halogens is 1. The molecule has 8 heteroatoms. The van der Waals surface area contributed by atoms with Crippen LogP contribution in [-0.2, 0) is 38.2 Å². The third-order valence-corrected chi connectivity index (χ3v) is 11.6. The molecule has 2 bridgehead atoms. The molecule has 6 nitrogen and oxygen atoms in total. The molecule has 3 aromatic carbocycles. The molecule has 5 aliphatic rings. The van der Waals surface area contributed by atoms with E-state index in [2.05, 4.69) is 37.5 Å². The van der Waals surface area contributed by atoms with Gasteiger partial charge in [0, 0.05) is 6.42 Å². The first kappa shape index (κ1) is 31.1. The summed E-state index contributed by atoms with van der Waals surface area (Å²) in [6.45, 7) is 6.81. The van der Waals surface area contributed by atoms with Crippen molar-refractivity contribution in [2.24, 2.45) is 17.3 Å². The second kappa shape index (κ2) is 12.3. The van der Waals surface area contributed by atoms with Crippen molar-refractivity contribution in [3.63, 3.8) is 0 Å². The number of nitrogens with one attached hydrogen (secondary N) is 2. The van der Waals surface area contributed by atoms with Crippen LogP contribution in [0.15, 0.2) is 78.9 Å². The van der Waals surface area contributed by atoms with Gasteiger partial charge in [-0.1, -0.05) is 80.6 Å². The molecule has 0 radical (unpaired) electrons. The van der Waals surface area contributed by atoms with Crippen LogP contribution in [0.25, 0.3) is 0 Å². The van der Waals surface area contributed by atoms with E-state index in [9.17, 15) is 14.0 Å². The molecular formula is C38H44BFN2O4. The van der Waals surface area contributed by atoms with Crippen LogP contribution in [0.3, 0.4) is 0 Å². The molecule has 3 aromatic rings. The van der Waals surface area contributed by atoms with Crippen LogP contribution in [0.1, 0.15) is 74.6 Å². The minimum absolute atomic E-state index is 0.0481. The Morgan fingerprint density at radius 1 is 0.913 bits per heavy atom. The molecule has 0 spiro atoms. The monoisotopic (exact) mass is 622 g/mol. The van der Waals surface area contributed by atoms with Crippen molar-refractivity contribution in [3.05, 3.63) is 107 Å². The largest absolute Gasteiger partial charge is 0.482 e. The van der Waals surface area contributed by atoms with Gasteiger partial charge in [0.05, 0.1) is 23.6 Å². The standard InChI is InChI=1S/C38H44BFN2O4/c1-37(2)27-22-32(37)38(3)33(23-27)45-39(46-38)34(21-25-16-18-28(40)19-17-25)42-36(44)31(20-24-10-5-4-6-11-24)41-35(43)30-15-9-13-26-12-7-8-14-29(26)30/h4-8,10-12,14,16-19,27,30-34H,9,13,15,20-23H2,1-3H3,(H,41,43)(H,42,44)/t27?,30-,31-,32?,33+,34-,38+/m0/s1. The van der Waals surface area contributed by atoms with Crippen LogP contribution in [0.2, 0.25) is 0 Å². The van der Waals surface area contributed by atoms with Gasteiger partial charge >= 0.3 is 7.12 Å². The lowest BCUT2D eigenvalue weighted by Crippen LogP contribution is -2.65. The molecule has 0 aromatic heterocycles. The lowest BCUT2D eigenvalue weighted by Gasteiger charge is -2.64. The average Bonchev–Trinajstić information content (AvgIpc) is 3.42. The molecule has 46 heavy (non-hydrogen) atoms. The van der Waals surface area contributed by atoms with Crippen molar-refractivity contribution < 1.29 is 23.3 Å². The van der Waals surface area contributed by atoms with Gasteiger partial charge in [0.2, 0.25) is 11.8 Å². The Morgan fingerprint density at radius 2 is 1.63 bits per heavy atom. The highest BCUT2D eigenvalue weighted by atomic mass is 19.1. The Labute approximate surface area is 272 Å². The van der Waals surface area contributed by atoms with E-state index in [0.717, 1.165) is 48.8 Å². The van der Waals surface area contributed by atoms with E-state index in [-0.39, 0.29) is 35.1 Å². The number of amides is 2. The fourth-order valence-corrected chi connectivity index (χ4v) is 8.80. The van der Waals surface area contributed by atoms with E-state index in [1.807, 2.05) is 48.5 Å². The number of hydrogen-bond acceptors (Lipinski definition) is 4. The molecule has 1 aliphatic heterocycles. The second-order valence-electron chi connectivity index (χ2n) is 14.7. The fraction of sp³-hybridized carbons (Fsp3) is 0.474. The molecule has 2 amide bonds. The lowest BCUT2D eigenvalue weighted by molar-refractivity contribution is -0.199. The van der Waals surface area contributed by atoms with Gasteiger partial charge in [-0.25, -0.2) is 4.39 Å². The summed E-state index contributed by atoms with van der Waals surface area (Å²) in [6.07, 6.45) is 5.40. The summed E-state index contributed by atoms with van der Waals surface area (Å²) in [4.78, 5) is 28.2. The molecule has 4 aliphatic carbocycles. The van der Waals surface area contributed by atoms with Gasteiger partial charge in [0.25, 0.3) is 0 Å². The van der Waals surface area contributed by atoms with Crippen LogP contribution in [0.4, 0.5) is 4.39 Å². The van der Waals surface area contributed by atoms with E-state index in [4.69, 9.17) is 9.31 Å². The Balaban J connectivity index is 1.14. The Hall–Kier alpha value is -3.49. The number of benzene rings is 3. The number of aryl methyl sites for hydroxylation is 1. The first-order valence-electron chi connectivity index (χ1n) is 16.9. The van der Waals surface area contributed by atoms with Crippen LogP contribution >= 0.6 is 0 Å². The minimum Gasteiger partial charge on any atom is -0.404 e. The van der Waals surface area contributed by atoms with Crippen LogP contribution in [0.5, 0.6) is 0 Å². The predicted molar refractivity (Wildman–Crippen MR) is 176 cm³/mol. The zero-order valence-corrected chi connectivity index (χ0v) is 27.0. The lowest BCUT2D eigenvalue weighted by atomic mass is 9.43. The molecule has 3 saturated carbocycles. The van der Waals surface area contributed by atoms with Crippen molar-refractivity contribution in [1.82, 2.24) is 10.6 Å². The molecule has 7 atom stereocenters. The quantitative estimate of drug-likeness (QED) is 0.289. The molecule has 1 heterocycles. The highest BCUT2D eigenvalue weighted by molar-refractivity contribution is 6.48. The summed E-state index contributed by atoms with van der Waals surface area (Å²) >= 11 is 0. The Bertz CT molecular complexity index is 1580. The fourth-order valence-electron chi connectivity index (χ4n) is 8.80. The summed E-state index contributed by atoms with van der Waals surface area (Å²) in [7, 11) is -0.669. The number of carbonyl (C=O) groups is 2. The van der Waals surface area contributed by atoms with Gasteiger partial charge < -0.3 is 19.9 Å². The van der Waals surface area contributed by atoms with Crippen LogP contribution in [0, 0.1) is 23.1 Å². The van der Waals surface area contributed by atoms with E-state index < -0.39 is 24.7 Å². The van der Waals surface area contributed by atoms with Gasteiger partial charge in [-0.05, 0) is 97.1 Å². The van der Waals surface area contributed by atoms with Gasteiger partial charge in [-0.2, -0.15) is 0 Å². The van der Waals surface area contributed by atoms with Crippen molar-refractivity contribution in [1.29, 1.82) is 0 Å². The van der Waals surface area contributed by atoms with Crippen LogP contribution < -0.4 is 10.6 Å². The SMILES string of the molecule is CC1(C)C2CC1[C@@]1(C)OB([C@H](Cc3ccc(F)cc3)NC(=O)[C@H](Cc3ccccc3)NC(=O)[C@H]3CCCc4ccccc43)O[C@@H]1C2. The minimum atomic E-state index is -0.800. The van der Waals surface area contributed by atoms with Crippen molar-refractivity contribution in [2.45, 2.75) is 95.3 Å². The van der Waals surface area contributed by atoms with Gasteiger partial charge in [-0.3, -0.25) is 9.59 Å². The predicted octanol–water partition coefficient (Wildman–Crippen LogP) is 5.97. The first-order valence-corrected chi connectivity index (χ1v) is 16.9. The number of hydrogen-bond donors (Lipinski definition) is 2. The summed E-state index contributed by atoms with van der Waals surface area (Å²) < 4.78 is 27.3. The van der Waals surface area contributed by atoms with E-state index in [1.54, 1.807) is 12.1 Å². The van der Waals surface area contributed by atoms with E-state index >= 15 is 0 Å². The number of carbonyl (C=O) groups excluding carboxylic acids is 2. The smallest absolute Gasteiger partial charge is 0.404 e. The highest BCUT2D eigenvalue weighted by Gasteiger charge is 2.68. The average molecular weight is 623 g/mol. The van der Waals surface area contributed by atoms with E-state index in [1.165, 1.54) is 17.7 Å². The van der Waals surface area contributed by atoms with Crippen molar-refractivity contribution in [3.8, 4) is 0 Å². The molecule has 8 rings (SSSR count). The maximum Gasteiger partial charge on any atom is 0.482 e. The third-order valence-electron chi connectivity index (χ3n) is 11.6. The molecule has 240 valence electrons. The summed E-state index contributed by atoms with van der Waals surface area (Å²) in [6, 6.07) is 23.4. The number of fused-ring (bicyclic) bond motifs is 1. The van der Waals surface area contributed by atoms with E-state index in [0.29, 0.717) is 24.7 Å². The van der Waals surface area contributed by atoms with Crippen LogP contribution in [-0.4, -0.2) is 42.6 Å². The van der Waals surface area contributed by atoms with Gasteiger partial charge in [0.1, 0.15) is 11.9 Å². The Morgan fingerprint density at radius 3 is 2.39 bits per heavy atom. The third kappa shape index (κ3) is 5.79. The molecule has 1 saturated heterocycles. The summed E-state index contributed by atoms with van der Waals surface area (Å²) in [5.41, 5.74) is 3.80. The maximum atomic E-state index is 14.3. The molecule has 4 fully saturated rings. The molecule has 2 unspecified atom stereocenters. The van der Waals surface area contributed by atoms with Gasteiger partial charge in [0.15, 0.2) is 0 Å². The van der Waals surface area contributed by atoms with Gasteiger partial charge in [-0.15, -0.1) is 0 Å². The normalized spacial score (nSPS) is 28.7. The molecule has 2 N–H and O–H groups in total. The van der Waals surface area contributed by atoms with Crippen molar-refractivity contribution in [2.75, 3.05) is 0 Å². The van der Waals surface area contributed by atoms with Crippen molar-refractivity contribution >= 4 is 18.9 Å². The Kier molecular flexibility index (Phi) is 8.31. The number of rotatable bonds is 9. The highest BCUT2D eigenvalue weighted by Crippen LogP contribution is 2.65. The second-order valence-corrected chi connectivity index (χ2v) is 14.7. The zero-order valence-electron chi connectivity index (χ0n) is 27.0. The maximum absolute atomic E-state index is 14.3. The zero-order chi connectivity index (χ0) is 32.1. The topological polar surface area (TPSA) is 76.7 Å². The summed E-state index contributed by atoms with van der Waals surface area (Å²) in [5.74, 6) is -0.597. The summed E-state index contributed by atoms with van der Waals surface area (Å²) in [5, 5.41) is 6.39. The molecular weight excluding hydrogens is 578 g/mol.